The minimum Gasteiger partial charge on any atom is -0.367 e. The molecule has 2 N–H and O–H groups in total. The molecule has 2 aromatic heterocycles. The zero-order chi connectivity index (χ0) is 12.3. The highest BCUT2D eigenvalue weighted by molar-refractivity contribution is 7.11. The summed E-state index contributed by atoms with van der Waals surface area (Å²) in [6, 6.07) is 1.33. The number of carbonyl (C=O) groups is 1. The molecule has 0 atom stereocenters. The number of hydrogen-bond donors (Lipinski definition) is 2. The number of pyridine rings is 1. The first-order valence-electron chi connectivity index (χ1n) is 5.03. The number of amides is 1. The van der Waals surface area contributed by atoms with E-state index in [-0.39, 0.29) is 16.9 Å². The molecule has 0 radical (unpaired) electrons. The van der Waals surface area contributed by atoms with E-state index < -0.39 is 0 Å². The van der Waals surface area contributed by atoms with Crippen molar-refractivity contribution < 1.29 is 4.79 Å². The fourth-order valence-corrected chi connectivity index (χ4v) is 2.08. The summed E-state index contributed by atoms with van der Waals surface area (Å²) < 4.78 is 0. The van der Waals surface area contributed by atoms with Crippen molar-refractivity contribution in [2.45, 2.75) is 13.5 Å². The van der Waals surface area contributed by atoms with Crippen LogP contribution in [0.1, 0.15) is 20.2 Å². The van der Waals surface area contributed by atoms with E-state index in [1.54, 1.807) is 6.20 Å². The lowest BCUT2D eigenvalue weighted by atomic mass is 10.2. The van der Waals surface area contributed by atoms with Crippen molar-refractivity contribution in [3.05, 3.63) is 50.3 Å². The molecule has 2 heterocycles. The monoisotopic (exact) mass is 249 g/mol. The van der Waals surface area contributed by atoms with Crippen LogP contribution in [0, 0.1) is 6.92 Å². The second kappa shape index (κ2) is 4.92. The average Bonchev–Trinajstić information content (AvgIpc) is 2.73. The van der Waals surface area contributed by atoms with Crippen LogP contribution in [0.4, 0.5) is 0 Å². The SMILES string of the molecule is Cc1ncc(CNC(=O)c2c[nH]ccc2=O)s1. The molecule has 0 saturated carbocycles. The largest absolute Gasteiger partial charge is 0.367 e. The normalized spacial score (nSPS) is 10.2. The predicted octanol–water partition coefficient (Wildman–Crippen LogP) is 1.07. The second-order valence-corrected chi connectivity index (χ2v) is 4.77. The number of rotatable bonds is 3. The minimum atomic E-state index is -0.377. The summed E-state index contributed by atoms with van der Waals surface area (Å²) in [6.07, 6.45) is 4.61. The number of carbonyl (C=O) groups excluding carboxylic acids is 1. The Morgan fingerprint density at radius 2 is 2.41 bits per heavy atom. The van der Waals surface area contributed by atoms with Gasteiger partial charge >= 0.3 is 0 Å². The smallest absolute Gasteiger partial charge is 0.257 e. The van der Waals surface area contributed by atoms with Crippen LogP contribution in [0.3, 0.4) is 0 Å². The van der Waals surface area contributed by atoms with Crippen molar-refractivity contribution in [2.24, 2.45) is 0 Å². The van der Waals surface area contributed by atoms with Gasteiger partial charge in [-0.1, -0.05) is 0 Å². The molecule has 6 heteroatoms. The fourth-order valence-electron chi connectivity index (χ4n) is 1.34. The summed E-state index contributed by atoms with van der Waals surface area (Å²) >= 11 is 1.52. The summed E-state index contributed by atoms with van der Waals surface area (Å²) in [5.41, 5.74) is -0.171. The molecule has 0 aromatic carbocycles. The third-order valence-corrected chi connectivity index (χ3v) is 3.07. The Balaban J connectivity index is 2.03. The third-order valence-electron chi connectivity index (χ3n) is 2.16. The van der Waals surface area contributed by atoms with Crippen molar-refractivity contribution in [3.8, 4) is 0 Å². The van der Waals surface area contributed by atoms with Gasteiger partial charge in [-0.25, -0.2) is 4.98 Å². The average molecular weight is 249 g/mol. The van der Waals surface area contributed by atoms with Crippen LogP contribution in [0.2, 0.25) is 0 Å². The summed E-state index contributed by atoms with van der Waals surface area (Å²) in [5, 5.41) is 3.63. The molecule has 0 unspecified atom stereocenters. The standard InChI is InChI=1S/C11H11N3O2S/c1-7-13-4-8(17-7)5-14-11(16)9-6-12-3-2-10(9)15/h2-4,6H,5H2,1H3,(H,12,15)(H,14,16). The van der Waals surface area contributed by atoms with Gasteiger partial charge in [0.1, 0.15) is 5.56 Å². The Morgan fingerprint density at radius 3 is 3.06 bits per heavy atom. The fraction of sp³-hybridized carbons (Fsp3) is 0.182. The molecule has 0 aliphatic heterocycles. The van der Waals surface area contributed by atoms with E-state index in [0.29, 0.717) is 6.54 Å². The van der Waals surface area contributed by atoms with E-state index in [1.165, 1.54) is 29.8 Å². The third kappa shape index (κ3) is 2.79. The van der Waals surface area contributed by atoms with E-state index in [2.05, 4.69) is 15.3 Å². The molecular weight excluding hydrogens is 238 g/mol. The Bertz CT molecular complexity index is 588. The molecule has 0 spiro atoms. The number of hydrogen-bond acceptors (Lipinski definition) is 4. The van der Waals surface area contributed by atoms with Gasteiger partial charge in [0.15, 0.2) is 5.43 Å². The van der Waals surface area contributed by atoms with Crippen LogP contribution in [0.5, 0.6) is 0 Å². The molecule has 0 bridgehead atoms. The molecule has 0 aliphatic rings. The van der Waals surface area contributed by atoms with E-state index in [0.717, 1.165) is 9.88 Å². The number of nitrogens with one attached hydrogen (secondary N) is 2. The van der Waals surface area contributed by atoms with E-state index in [9.17, 15) is 9.59 Å². The lowest BCUT2D eigenvalue weighted by Crippen LogP contribution is -2.27. The van der Waals surface area contributed by atoms with Gasteiger partial charge in [-0.2, -0.15) is 0 Å². The van der Waals surface area contributed by atoms with Crippen molar-refractivity contribution in [2.75, 3.05) is 0 Å². The Kier molecular flexibility index (Phi) is 3.34. The van der Waals surface area contributed by atoms with Gasteiger partial charge < -0.3 is 10.3 Å². The lowest BCUT2D eigenvalue weighted by Gasteiger charge is -2.01. The quantitative estimate of drug-likeness (QED) is 0.854. The topological polar surface area (TPSA) is 74.8 Å². The molecule has 2 rings (SSSR count). The summed E-state index contributed by atoms with van der Waals surface area (Å²) in [4.78, 5) is 30.8. The van der Waals surface area contributed by atoms with Gasteiger partial charge in [0.25, 0.3) is 5.91 Å². The van der Waals surface area contributed by atoms with Gasteiger partial charge in [0, 0.05) is 29.5 Å². The van der Waals surface area contributed by atoms with Gasteiger partial charge in [-0.15, -0.1) is 11.3 Å². The predicted molar refractivity (Wildman–Crippen MR) is 65.1 cm³/mol. The first-order chi connectivity index (χ1) is 8.16. The maximum absolute atomic E-state index is 11.7. The molecule has 2 aromatic rings. The van der Waals surface area contributed by atoms with Crippen molar-refractivity contribution >= 4 is 17.2 Å². The van der Waals surface area contributed by atoms with E-state index >= 15 is 0 Å². The van der Waals surface area contributed by atoms with Crippen molar-refractivity contribution in [1.29, 1.82) is 0 Å². The first kappa shape index (κ1) is 11.5. The number of nitrogens with zero attached hydrogens (tertiary/aromatic N) is 1. The van der Waals surface area contributed by atoms with Crippen LogP contribution >= 0.6 is 11.3 Å². The number of thiazole rings is 1. The van der Waals surface area contributed by atoms with Crippen LogP contribution in [0.25, 0.3) is 0 Å². The minimum absolute atomic E-state index is 0.119. The van der Waals surface area contributed by atoms with E-state index in [1.807, 2.05) is 6.92 Å². The van der Waals surface area contributed by atoms with Crippen LogP contribution in [-0.4, -0.2) is 15.9 Å². The van der Waals surface area contributed by atoms with Gasteiger partial charge in [0.2, 0.25) is 0 Å². The highest BCUT2D eigenvalue weighted by Crippen LogP contribution is 2.10. The van der Waals surface area contributed by atoms with Crippen LogP contribution in [-0.2, 0) is 6.54 Å². The summed E-state index contributed by atoms with van der Waals surface area (Å²) in [5.74, 6) is -0.377. The van der Waals surface area contributed by atoms with Gasteiger partial charge in [-0.05, 0) is 6.92 Å². The maximum atomic E-state index is 11.7. The van der Waals surface area contributed by atoms with Gasteiger partial charge in [0.05, 0.1) is 11.6 Å². The van der Waals surface area contributed by atoms with Crippen LogP contribution in [0.15, 0.2) is 29.5 Å². The molecule has 5 nitrogen and oxygen atoms in total. The zero-order valence-corrected chi connectivity index (χ0v) is 10.0. The number of aromatic amines is 1. The Hall–Kier alpha value is -1.95. The molecule has 0 fully saturated rings. The summed E-state index contributed by atoms with van der Waals surface area (Å²) in [7, 11) is 0. The molecule has 88 valence electrons. The highest BCUT2D eigenvalue weighted by atomic mass is 32.1. The number of aryl methyl sites for hydroxylation is 1. The Labute approximate surface area is 102 Å². The van der Waals surface area contributed by atoms with Gasteiger partial charge in [-0.3, -0.25) is 9.59 Å². The molecule has 17 heavy (non-hydrogen) atoms. The van der Waals surface area contributed by atoms with E-state index in [4.69, 9.17) is 0 Å². The highest BCUT2D eigenvalue weighted by Gasteiger charge is 2.09. The summed E-state index contributed by atoms with van der Waals surface area (Å²) in [6.45, 7) is 2.29. The number of H-pyrrole nitrogens is 1. The zero-order valence-electron chi connectivity index (χ0n) is 9.19. The van der Waals surface area contributed by atoms with Crippen molar-refractivity contribution in [3.63, 3.8) is 0 Å². The second-order valence-electron chi connectivity index (χ2n) is 3.45. The molecule has 0 saturated heterocycles. The lowest BCUT2D eigenvalue weighted by molar-refractivity contribution is 0.0950. The molecule has 1 amide bonds. The Morgan fingerprint density at radius 1 is 1.59 bits per heavy atom. The van der Waals surface area contributed by atoms with Crippen molar-refractivity contribution in [1.82, 2.24) is 15.3 Å². The first-order valence-corrected chi connectivity index (χ1v) is 5.85. The number of aromatic nitrogens is 2. The molecular formula is C11H11N3O2S. The maximum Gasteiger partial charge on any atom is 0.257 e. The molecule has 0 aliphatic carbocycles. The van der Waals surface area contributed by atoms with Crippen LogP contribution < -0.4 is 10.7 Å².